The van der Waals surface area contributed by atoms with Crippen molar-refractivity contribution in [3.05, 3.63) is 83.4 Å². The van der Waals surface area contributed by atoms with Crippen LogP contribution in [-0.4, -0.2) is 25.6 Å². The molecule has 0 radical (unpaired) electrons. The van der Waals surface area contributed by atoms with Crippen molar-refractivity contribution >= 4 is 17.6 Å². The Labute approximate surface area is 175 Å². The summed E-state index contributed by atoms with van der Waals surface area (Å²) in [7, 11) is 1.58. The first kappa shape index (κ1) is 20.9. The zero-order valence-corrected chi connectivity index (χ0v) is 17.1. The third-order valence-corrected chi connectivity index (χ3v) is 4.39. The summed E-state index contributed by atoms with van der Waals surface area (Å²) >= 11 is 0. The van der Waals surface area contributed by atoms with Gasteiger partial charge in [0.1, 0.15) is 17.2 Å². The summed E-state index contributed by atoms with van der Waals surface area (Å²) in [5.41, 5.74) is 3.35. The average Bonchev–Trinajstić information content (AvgIpc) is 2.75. The number of hydrogen-bond donors (Lipinski definition) is 1. The van der Waals surface area contributed by atoms with Crippen molar-refractivity contribution in [2.24, 2.45) is 0 Å². The SMILES string of the molecule is COc1ccc(OCC(=O)Oc2ccc(C(=O)Nc3ccc(C)cc3C)cc2)cc1. The van der Waals surface area contributed by atoms with Crippen LogP contribution in [0, 0.1) is 13.8 Å². The van der Waals surface area contributed by atoms with E-state index in [0.29, 0.717) is 22.8 Å². The Bertz CT molecular complexity index is 1030. The predicted octanol–water partition coefficient (Wildman–Crippen LogP) is 4.55. The van der Waals surface area contributed by atoms with Gasteiger partial charge in [-0.2, -0.15) is 0 Å². The topological polar surface area (TPSA) is 73.9 Å². The van der Waals surface area contributed by atoms with Crippen LogP contribution in [-0.2, 0) is 4.79 Å². The molecule has 0 spiro atoms. The van der Waals surface area contributed by atoms with Crippen molar-refractivity contribution in [3.8, 4) is 17.2 Å². The number of nitrogens with one attached hydrogen (secondary N) is 1. The minimum atomic E-state index is -0.543. The van der Waals surface area contributed by atoms with E-state index in [1.807, 2.05) is 32.0 Å². The van der Waals surface area contributed by atoms with Crippen molar-refractivity contribution in [2.45, 2.75) is 13.8 Å². The number of ether oxygens (including phenoxy) is 3. The largest absolute Gasteiger partial charge is 0.497 e. The van der Waals surface area contributed by atoms with Crippen LogP contribution in [0.15, 0.2) is 66.7 Å². The first-order valence-corrected chi connectivity index (χ1v) is 9.41. The number of anilines is 1. The lowest BCUT2D eigenvalue weighted by Gasteiger charge is -2.10. The van der Waals surface area contributed by atoms with Crippen molar-refractivity contribution in [1.29, 1.82) is 0 Å². The first-order valence-electron chi connectivity index (χ1n) is 9.41. The van der Waals surface area contributed by atoms with E-state index in [1.54, 1.807) is 55.6 Å². The quantitative estimate of drug-likeness (QED) is 0.461. The lowest BCUT2D eigenvalue weighted by atomic mass is 10.1. The van der Waals surface area contributed by atoms with E-state index in [2.05, 4.69) is 5.32 Å². The molecule has 1 N–H and O–H groups in total. The van der Waals surface area contributed by atoms with Gasteiger partial charge in [0.25, 0.3) is 5.91 Å². The molecular weight excluding hydrogens is 382 g/mol. The summed E-state index contributed by atoms with van der Waals surface area (Å²) < 4.78 is 15.7. The Morgan fingerprint density at radius 1 is 0.833 bits per heavy atom. The number of methoxy groups -OCH3 is 1. The molecule has 0 atom stereocenters. The minimum Gasteiger partial charge on any atom is -0.497 e. The van der Waals surface area contributed by atoms with E-state index in [9.17, 15) is 9.59 Å². The molecule has 0 unspecified atom stereocenters. The van der Waals surface area contributed by atoms with Crippen molar-refractivity contribution in [2.75, 3.05) is 19.0 Å². The summed E-state index contributed by atoms with van der Waals surface area (Å²) in [5.74, 6) is 0.792. The monoisotopic (exact) mass is 405 g/mol. The second kappa shape index (κ2) is 9.60. The molecule has 6 nitrogen and oxygen atoms in total. The number of aryl methyl sites for hydroxylation is 2. The van der Waals surface area contributed by atoms with Crippen LogP contribution in [0.3, 0.4) is 0 Å². The molecule has 0 fully saturated rings. The highest BCUT2D eigenvalue weighted by Gasteiger charge is 2.10. The van der Waals surface area contributed by atoms with Gasteiger partial charge in [-0.3, -0.25) is 4.79 Å². The molecule has 6 heteroatoms. The van der Waals surface area contributed by atoms with Crippen molar-refractivity contribution < 1.29 is 23.8 Å². The fourth-order valence-corrected chi connectivity index (χ4v) is 2.80. The molecule has 0 aliphatic rings. The molecule has 3 rings (SSSR count). The lowest BCUT2D eigenvalue weighted by Crippen LogP contribution is -2.18. The van der Waals surface area contributed by atoms with Crippen LogP contribution in [0.25, 0.3) is 0 Å². The summed E-state index contributed by atoms with van der Waals surface area (Å²) in [6.45, 7) is 3.71. The van der Waals surface area contributed by atoms with Gasteiger partial charge in [0.15, 0.2) is 6.61 Å². The lowest BCUT2D eigenvalue weighted by molar-refractivity contribution is -0.136. The number of amides is 1. The Morgan fingerprint density at radius 2 is 1.47 bits per heavy atom. The maximum absolute atomic E-state index is 12.4. The number of carbonyl (C=O) groups is 2. The number of hydrogen-bond acceptors (Lipinski definition) is 5. The van der Waals surface area contributed by atoms with Gasteiger partial charge in [-0.05, 0) is 74.0 Å². The Balaban J connectivity index is 1.52. The van der Waals surface area contributed by atoms with Gasteiger partial charge in [-0.25, -0.2) is 4.79 Å². The fraction of sp³-hybridized carbons (Fsp3) is 0.167. The van der Waals surface area contributed by atoms with Crippen LogP contribution in [0.4, 0.5) is 5.69 Å². The van der Waals surface area contributed by atoms with Gasteiger partial charge in [-0.1, -0.05) is 17.7 Å². The molecule has 1 amide bonds. The maximum Gasteiger partial charge on any atom is 0.349 e. The summed E-state index contributed by atoms with van der Waals surface area (Å²) in [4.78, 5) is 24.4. The predicted molar refractivity (Wildman–Crippen MR) is 114 cm³/mol. The maximum atomic E-state index is 12.4. The molecule has 0 aliphatic carbocycles. The van der Waals surface area contributed by atoms with E-state index in [1.165, 1.54) is 0 Å². The highest BCUT2D eigenvalue weighted by Crippen LogP contribution is 2.19. The second-order valence-electron chi connectivity index (χ2n) is 6.74. The molecule has 3 aromatic carbocycles. The average molecular weight is 405 g/mol. The van der Waals surface area contributed by atoms with E-state index in [4.69, 9.17) is 14.2 Å². The molecule has 0 aromatic heterocycles. The Morgan fingerprint density at radius 3 is 2.10 bits per heavy atom. The molecule has 3 aromatic rings. The molecule has 0 bridgehead atoms. The van der Waals surface area contributed by atoms with Gasteiger partial charge in [0, 0.05) is 11.3 Å². The van der Waals surface area contributed by atoms with Gasteiger partial charge < -0.3 is 19.5 Å². The number of rotatable bonds is 7. The normalized spacial score (nSPS) is 10.2. The second-order valence-corrected chi connectivity index (χ2v) is 6.74. The Hall–Kier alpha value is -3.80. The van der Waals surface area contributed by atoms with Gasteiger partial charge in [-0.15, -0.1) is 0 Å². The fourth-order valence-electron chi connectivity index (χ4n) is 2.80. The van der Waals surface area contributed by atoms with Crippen LogP contribution in [0.1, 0.15) is 21.5 Å². The molecule has 154 valence electrons. The molecule has 30 heavy (non-hydrogen) atoms. The summed E-state index contributed by atoms with van der Waals surface area (Å²) in [6, 6.07) is 19.1. The van der Waals surface area contributed by atoms with Crippen LogP contribution in [0.2, 0.25) is 0 Å². The minimum absolute atomic E-state index is 0.234. The number of esters is 1. The third kappa shape index (κ3) is 5.61. The number of carbonyl (C=O) groups excluding carboxylic acids is 2. The first-order chi connectivity index (χ1) is 14.4. The molecule has 0 saturated heterocycles. The zero-order valence-electron chi connectivity index (χ0n) is 17.1. The number of benzene rings is 3. The van der Waals surface area contributed by atoms with E-state index < -0.39 is 5.97 Å². The Kier molecular flexibility index (Phi) is 6.70. The summed E-state index contributed by atoms with van der Waals surface area (Å²) in [5, 5.41) is 2.88. The molecule has 0 saturated carbocycles. The van der Waals surface area contributed by atoms with Crippen LogP contribution >= 0.6 is 0 Å². The van der Waals surface area contributed by atoms with Crippen molar-refractivity contribution in [1.82, 2.24) is 0 Å². The molecular formula is C24H23NO5. The van der Waals surface area contributed by atoms with Gasteiger partial charge in [0.05, 0.1) is 7.11 Å². The van der Waals surface area contributed by atoms with E-state index >= 15 is 0 Å². The van der Waals surface area contributed by atoms with Crippen molar-refractivity contribution in [3.63, 3.8) is 0 Å². The van der Waals surface area contributed by atoms with E-state index in [0.717, 1.165) is 16.8 Å². The van der Waals surface area contributed by atoms with Gasteiger partial charge >= 0.3 is 5.97 Å². The highest BCUT2D eigenvalue weighted by molar-refractivity contribution is 6.04. The van der Waals surface area contributed by atoms with Gasteiger partial charge in [0.2, 0.25) is 0 Å². The summed E-state index contributed by atoms with van der Waals surface area (Å²) in [6.07, 6.45) is 0. The smallest absolute Gasteiger partial charge is 0.349 e. The molecule has 0 aliphatic heterocycles. The third-order valence-electron chi connectivity index (χ3n) is 4.39. The highest BCUT2D eigenvalue weighted by atomic mass is 16.6. The van der Waals surface area contributed by atoms with Crippen LogP contribution in [0.5, 0.6) is 17.2 Å². The van der Waals surface area contributed by atoms with Crippen LogP contribution < -0.4 is 19.5 Å². The molecule has 0 heterocycles. The zero-order chi connectivity index (χ0) is 21.5. The standard InChI is InChI=1S/C24H23NO5/c1-16-4-13-22(17(2)14-16)25-24(27)18-5-7-21(8-6-18)30-23(26)15-29-20-11-9-19(28-3)10-12-20/h4-14H,15H2,1-3H3,(H,25,27). The van der Waals surface area contributed by atoms with E-state index in [-0.39, 0.29) is 12.5 Å².